The number of aromatic nitrogens is 3. The highest BCUT2D eigenvalue weighted by molar-refractivity contribution is 7.99. The highest BCUT2D eigenvalue weighted by Crippen LogP contribution is 2.27. The maximum absolute atomic E-state index is 13.0. The summed E-state index contributed by atoms with van der Waals surface area (Å²) in [6.45, 7) is 6.61. The van der Waals surface area contributed by atoms with Crippen molar-refractivity contribution in [3.05, 3.63) is 60.2 Å². The summed E-state index contributed by atoms with van der Waals surface area (Å²) >= 11 is 1.34. The molecule has 170 valence electrons. The lowest BCUT2D eigenvalue weighted by Crippen LogP contribution is -2.30. The van der Waals surface area contributed by atoms with E-state index in [1.165, 1.54) is 21.6 Å². The zero-order valence-electron chi connectivity index (χ0n) is 18.6. The molecule has 1 heterocycles. The smallest absolute Gasteiger partial charge is 0.243 e. The summed E-state index contributed by atoms with van der Waals surface area (Å²) in [5, 5.41) is 9.30. The van der Waals surface area contributed by atoms with E-state index in [-0.39, 0.29) is 10.7 Å². The third-order valence-electron chi connectivity index (χ3n) is 5.02. The van der Waals surface area contributed by atoms with E-state index < -0.39 is 10.0 Å². The summed E-state index contributed by atoms with van der Waals surface area (Å²) < 4.78 is 29.4. The van der Waals surface area contributed by atoms with Gasteiger partial charge in [-0.25, -0.2) is 8.42 Å². The third kappa shape index (κ3) is 5.65. The number of aryl methyl sites for hydroxylation is 1. The van der Waals surface area contributed by atoms with Gasteiger partial charge in [-0.3, -0.25) is 4.79 Å². The van der Waals surface area contributed by atoms with Crippen molar-refractivity contribution in [2.75, 3.05) is 18.8 Å². The van der Waals surface area contributed by atoms with Gasteiger partial charge in [0.2, 0.25) is 10.0 Å². The summed E-state index contributed by atoms with van der Waals surface area (Å²) in [5.41, 5.74) is 1.85. The van der Waals surface area contributed by atoms with Gasteiger partial charge in [0, 0.05) is 25.2 Å². The summed E-state index contributed by atoms with van der Waals surface area (Å²) in [4.78, 5) is 11.7. The van der Waals surface area contributed by atoms with Crippen molar-refractivity contribution in [3.63, 3.8) is 0 Å². The molecule has 0 aliphatic heterocycles. The molecule has 0 spiro atoms. The molecule has 3 aromatic rings. The van der Waals surface area contributed by atoms with Crippen LogP contribution in [-0.2, 0) is 27.8 Å². The summed E-state index contributed by atoms with van der Waals surface area (Å²) in [7, 11) is -3.59. The molecule has 2 aromatic carbocycles. The van der Waals surface area contributed by atoms with Gasteiger partial charge >= 0.3 is 0 Å². The molecular weight excluding hydrogens is 444 g/mol. The van der Waals surface area contributed by atoms with Gasteiger partial charge in [0.25, 0.3) is 0 Å². The molecule has 0 unspecified atom stereocenters. The Bertz CT molecular complexity index is 1160. The molecule has 0 fully saturated rings. The van der Waals surface area contributed by atoms with Crippen molar-refractivity contribution >= 4 is 27.6 Å². The van der Waals surface area contributed by atoms with E-state index in [1.807, 2.05) is 42.7 Å². The van der Waals surface area contributed by atoms with Gasteiger partial charge < -0.3 is 4.57 Å². The normalized spacial score (nSPS) is 11.8. The number of benzene rings is 2. The first kappa shape index (κ1) is 24.2. The number of sulfonamides is 1. The molecular formula is C23H28N4O3S2. The zero-order chi connectivity index (χ0) is 23.1. The lowest BCUT2D eigenvalue weighted by Gasteiger charge is -2.19. The van der Waals surface area contributed by atoms with Gasteiger partial charge in [-0.1, -0.05) is 68.1 Å². The predicted molar refractivity (Wildman–Crippen MR) is 127 cm³/mol. The molecule has 1 aromatic heterocycles. The maximum atomic E-state index is 13.0. The number of rotatable bonds is 11. The predicted octanol–water partition coefficient (Wildman–Crippen LogP) is 3.90. The molecule has 0 N–H and O–H groups in total. The largest absolute Gasteiger partial charge is 0.302 e. The average molecular weight is 473 g/mol. The van der Waals surface area contributed by atoms with Crippen LogP contribution in [-0.4, -0.2) is 52.1 Å². The SMILES string of the molecule is CCN(CC)S(=O)(=O)c1cccc(-c2nnc(SCC(C)=O)n2CCc2ccccc2)c1. The van der Waals surface area contributed by atoms with E-state index in [4.69, 9.17) is 0 Å². The minimum absolute atomic E-state index is 0.0569. The van der Waals surface area contributed by atoms with Crippen LogP contribution in [0.1, 0.15) is 26.3 Å². The number of hydrogen-bond donors (Lipinski definition) is 0. The van der Waals surface area contributed by atoms with Crippen LogP contribution in [0.15, 0.2) is 64.6 Å². The Balaban J connectivity index is 1.98. The fourth-order valence-electron chi connectivity index (χ4n) is 3.37. The maximum Gasteiger partial charge on any atom is 0.243 e. The second kappa shape index (κ2) is 10.9. The standard InChI is InChI=1S/C23H28N4O3S2/c1-4-26(5-2)32(29,30)21-13-9-12-20(16-21)22-24-25-23(31-17-18(3)28)27(22)15-14-19-10-7-6-8-11-19/h6-13,16H,4-5,14-15,17H2,1-3H3. The molecule has 0 saturated heterocycles. The highest BCUT2D eigenvalue weighted by Gasteiger charge is 2.23. The molecule has 0 aliphatic carbocycles. The topological polar surface area (TPSA) is 85.2 Å². The van der Waals surface area contributed by atoms with Crippen LogP contribution in [0.5, 0.6) is 0 Å². The van der Waals surface area contributed by atoms with Crippen LogP contribution in [0, 0.1) is 0 Å². The Labute approximate surface area is 193 Å². The lowest BCUT2D eigenvalue weighted by atomic mass is 10.1. The summed E-state index contributed by atoms with van der Waals surface area (Å²) in [6.07, 6.45) is 0.761. The molecule has 9 heteroatoms. The van der Waals surface area contributed by atoms with E-state index in [1.54, 1.807) is 25.1 Å². The number of ketones is 1. The van der Waals surface area contributed by atoms with E-state index >= 15 is 0 Å². The molecule has 0 atom stereocenters. The van der Waals surface area contributed by atoms with Crippen molar-refractivity contribution in [2.45, 2.75) is 43.8 Å². The molecule has 7 nitrogen and oxygen atoms in total. The zero-order valence-corrected chi connectivity index (χ0v) is 20.2. The molecule has 0 amide bonds. The second-order valence-electron chi connectivity index (χ2n) is 7.30. The fourth-order valence-corrected chi connectivity index (χ4v) is 5.64. The average Bonchev–Trinajstić information content (AvgIpc) is 3.20. The fraction of sp³-hybridized carbons (Fsp3) is 0.348. The number of Topliss-reactive ketones (excluding diaryl/α,β-unsaturated/α-hetero) is 1. The summed E-state index contributed by atoms with van der Waals surface area (Å²) in [5.74, 6) is 0.949. The first-order valence-electron chi connectivity index (χ1n) is 10.6. The van der Waals surface area contributed by atoms with Crippen molar-refractivity contribution < 1.29 is 13.2 Å². The first-order valence-corrected chi connectivity index (χ1v) is 13.0. The number of hydrogen-bond acceptors (Lipinski definition) is 6. The molecule has 32 heavy (non-hydrogen) atoms. The molecule has 0 aliphatic rings. The Morgan fingerprint density at radius 2 is 1.75 bits per heavy atom. The van der Waals surface area contributed by atoms with Crippen LogP contribution in [0.25, 0.3) is 11.4 Å². The van der Waals surface area contributed by atoms with Gasteiger partial charge in [-0.05, 0) is 31.0 Å². The van der Waals surface area contributed by atoms with Gasteiger partial charge in [0.15, 0.2) is 11.0 Å². The molecule has 0 radical (unpaired) electrons. The minimum atomic E-state index is -3.59. The van der Waals surface area contributed by atoms with Gasteiger partial charge in [0.1, 0.15) is 5.78 Å². The van der Waals surface area contributed by atoms with E-state index in [9.17, 15) is 13.2 Å². The minimum Gasteiger partial charge on any atom is -0.302 e. The molecule has 0 bridgehead atoms. The Hall–Kier alpha value is -2.49. The van der Waals surface area contributed by atoms with E-state index in [2.05, 4.69) is 22.3 Å². The van der Waals surface area contributed by atoms with Crippen molar-refractivity contribution in [1.29, 1.82) is 0 Å². The van der Waals surface area contributed by atoms with Gasteiger partial charge in [0.05, 0.1) is 10.6 Å². The molecule has 3 rings (SSSR count). The monoisotopic (exact) mass is 472 g/mol. The summed E-state index contributed by atoms with van der Waals surface area (Å²) in [6, 6.07) is 16.9. The number of nitrogens with zero attached hydrogens (tertiary/aromatic N) is 4. The van der Waals surface area contributed by atoms with Crippen LogP contribution in [0.3, 0.4) is 0 Å². The van der Waals surface area contributed by atoms with E-state index in [0.29, 0.717) is 41.9 Å². The lowest BCUT2D eigenvalue weighted by molar-refractivity contribution is -0.114. The second-order valence-corrected chi connectivity index (χ2v) is 10.2. The Morgan fingerprint density at radius 1 is 1.03 bits per heavy atom. The van der Waals surface area contributed by atoms with Crippen LogP contribution in [0.4, 0.5) is 0 Å². The van der Waals surface area contributed by atoms with Crippen LogP contribution in [0.2, 0.25) is 0 Å². The quantitative estimate of drug-likeness (QED) is 0.394. The highest BCUT2D eigenvalue weighted by atomic mass is 32.2. The van der Waals surface area contributed by atoms with Crippen molar-refractivity contribution in [3.8, 4) is 11.4 Å². The number of carbonyl (C=O) groups is 1. The van der Waals surface area contributed by atoms with Crippen LogP contribution < -0.4 is 0 Å². The van der Waals surface area contributed by atoms with E-state index in [0.717, 1.165) is 6.42 Å². The van der Waals surface area contributed by atoms with Crippen LogP contribution >= 0.6 is 11.8 Å². The van der Waals surface area contributed by atoms with Gasteiger partial charge in [-0.2, -0.15) is 4.31 Å². The van der Waals surface area contributed by atoms with Crippen molar-refractivity contribution in [1.82, 2.24) is 19.1 Å². The first-order chi connectivity index (χ1) is 15.4. The third-order valence-corrected chi connectivity index (χ3v) is 8.18. The number of thioether (sulfide) groups is 1. The Kier molecular flexibility index (Phi) is 8.22. The van der Waals surface area contributed by atoms with Gasteiger partial charge in [-0.15, -0.1) is 10.2 Å². The molecule has 0 saturated carbocycles. The number of carbonyl (C=O) groups excluding carboxylic acids is 1. The van der Waals surface area contributed by atoms with Crippen molar-refractivity contribution in [2.24, 2.45) is 0 Å². The Morgan fingerprint density at radius 3 is 2.41 bits per heavy atom.